The smallest absolute Gasteiger partial charge is 0.161 e. The summed E-state index contributed by atoms with van der Waals surface area (Å²) < 4.78 is 11.4. The van der Waals surface area contributed by atoms with E-state index in [0.29, 0.717) is 18.6 Å². The molecule has 0 bridgehead atoms. The second-order valence-corrected chi connectivity index (χ2v) is 7.07. The highest BCUT2D eigenvalue weighted by Gasteiger charge is 2.69. The summed E-state index contributed by atoms with van der Waals surface area (Å²) >= 11 is 0. The lowest BCUT2D eigenvalue weighted by Gasteiger charge is -2.42. The largest absolute Gasteiger partial charge is 0.504 e. The van der Waals surface area contributed by atoms with Crippen LogP contribution in [-0.2, 0) is 21.4 Å². The van der Waals surface area contributed by atoms with E-state index >= 15 is 0 Å². The van der Waals surface area contributed by atoms with Crippen molar-refractivity contribution in [2.75, 3.05) is 20.7 Å². The molecule has 0 amide bonds. The molecule has 3 atom stereocenters. The number of hydrogen-bond acceptors (Lipinski definition) is 5. The number of aromatic hydroxyl groups is 1. The summed E-state index contributed by atoms with van der Waals surface area (Å²) in [6, 6.07) is 3.80. The minimum absolute atomic E-state index is 0.110. The van der Waals surface area contributed by atoms with Crippen molar-refractivity contribution in [2.45, 2.75) is 56.7 Å². The van der Waals surface area contributed by atoms with Crippen molar-refractivity contribution in [1.82, 2.24) is 5.32 Å². The van der Waals surface area contributed by atoms with Gasteiger partial charge >= 0.3 is 0 Å². The van der Waals surface area contributed by atoms with Gasteiger partial charge in [-0.25, -0.2) is 0 Å². The summed E-state index contributed by atoms with van der Waals surface area (Å²) in [5.41, 5.74) is 0.967. The van der Waals surface area contributed by atoms with Crippen LogP contribution in [-0.4, -0.2) is 43.3 Å². The molecule has 2 N–H and O–H groups in total. The molecule has 1 aliphatic heterocycles. The number of fused-ring (bicyclic) bond motifs is 2. The van der Waals surface area contributed by atoms with E-state index in [-0.39, 0.29) is 17.6 Å². The van der Waals surface area contributed by atoms with Gasteiger partial charge in [-0.1, -0.05) is 13.0 Å². The van der Waals surface area contributed by atoms with Crippen molar-refractivity contribution in [2.24, 2.45) is 0 Å². The number of methoxy groups -OCH3 is 1. The number of benzene rings is 1. The first-order valence-corrected chi connectivity index (χ1v) is 8.67. The molecule has 1 saturated heterocycles. The van der Waals surface area contributed by atoms with E-state index in [4.69, 9.17) is 9.47 Å². The second-order valence-electron chi connectivity index (χ2n) is 7.07. The third kappa shape index (κ3) is 2.33. The number of ketones is 1. The molecule has 3 unspecified atom stereocenters. The molecule has 0 spiro atoms. The van der Waals surface area contributed by atoms with Crippen LogP contribution in [0.25, 0.3) is 0 Å². The van der Waals surface area contributed by atoms with Gasteiger partial charge in [-0.15, -0.1) is 0 Å². The van der Waals surface area contributed by atoms with Gasteiger partial charge < -0.3 is 19.9 Å². The summed E-state index contributed by atoms with van der Waals surface area (Å²) in [4.78, 5) is 12.4. The molecule has 1 heterocycles. The zero-order valence-electron chi connectivity index (χ0n) is 14.9. The standard InChI is InChI=1S/C19H27NO4/c1-5-13(21)11-19(8-9-20-3)16-12(10-15-18(19,2)24-15)6-7-14(23-4)17(16)22/h6-7,15,20,22H,5,8-11H2,1-4H3. The first-order valence-electron chi connectivity index (χ1n) is 8.67. The number of nitrogens with one attached hydrogen (secondary N) is 1. The molecule has 1 aliphatic carbocycles. The molecule has 5 nitrogen and oxygen atoms in total. The average molecular weight is 333 g/mol. The van der Waals surface area contributed by atoms with E-state index in [0.717, 1.165) is 30.5 Å². The maximum atomic E-state index is 12.4. The van der Waals surface area contributed by atoms with Gasteiger partial charge in [0.1, 0.15) is 11.4 Å². The molecule has 0 aromatic heterocycles. The van der Waals surface area contributed by atoms with Crippen LogP contribution in [0.15, 0.2) is 12.1 Å². The number of hydrogen-bond donors (Lipinski definition) is 2. The van der Waals surface area contributed by atoms with E-state index in [9.17, 15) is 9.90 Å². The SMILES string of the molecule is CCC(=O)CC1(CCNC)c2c(ccc(OC)c2O)CC2OC21C. The Morgan fingerprint density at radius 2 is 2.25 bits per heavy atom. The average Bonchev–Trinajstić information content (AvgIpc) is 3.24. The van der Waals surface area contributed by atoms with Crippen molar-refractivity contribution < 1.29 is 19.4 Å². The highest BCUT2D eigenvalue weighted by atomic mass is 16.6. The number of epoxide rings is 1. The van der Waals surface area contributed by atoms with Crippen LogP contribution in [0.2, 0.25) is 0 Å². The summed E-state index contributed by atoms with van der Waals surface area (Å²) in [5.74, 6) is 0.802. The van der Waals surface area contributed by atoms with E-state index in [2.05, 4.69) is 12.2 Å². The van der Waals surface area contributed by atoms with Crippen molar-refractivity contribution in [3.8, 4) is 11.5 Å². The van der Waals surface area contributed by atoms with Gasteiger partial charge in [0.15, 0.2) is 11.5 Å². The van der Waals surface area contributed by atoms with Crippen LogP contribution in [0.5, 0.6) is 11.5 Å². The topological polar surface area (TPSA) is 71.1 Å². The fourth-order valence-electron chi connectivity index (χ4n) is 4.37. The van der Waals surface area contributed by atoms with Crippen LogP contribution in [0.4, 0.5) is 0 Å². The van der Waals surface area contributed by atoms with Gasteiger partial charge in [0.2, 0.25) is 0 Å². The first kappa shape index (κ1) is 17.2. The van der Waals surface area contributed by atoms with Crippen molar-refractivity contribution in [3.63, 3.8) is 0 Å². The predicted octanol–water partition coefficient (Wildman–Crippen LogP) is 2.33. The Bertz CT molecular complexity index is 659. The van der Waals surface area contributed by atoms with Crippen molar-refractivity contribution in [1.29, 1.82) is 0 Å². The first-order chi connectivity index (χ1) is 11.4. The Labute approximate surface area is 143 Å². The summed E-state index contributed by atoms with van der Waals surface area (Å²) in [7, 11) is 3.45. The van der Waals surface area contributed by atoms with Gasteiger partial charge in [-0.3, -0.25) is 4.79 Å². The van der Waals surface area contributed by atoms with Gasteiger partial charge in [0, 0.05) is 30.2 Å². The predicted molar refractivity (Wildman–Crippen MR) is 91.8 cm³/mol. The molecule has 1 aromatic carbocycles. The number of phenols is 1. The van der Waals surface area contributed by atoms with Gasteiger partial charge in [-0.2, -0.15) is 0 Å². The molecule has 3 rings (SSSR count). The fraction of sp³-hybridized carbons (Fsp3) is 0.632. The monoisotopic (exact) mass is 333 g/mol. The minimum atomic E-state index is -0.528. The molecular formula is C19H27NO4. The zero-order chi connectivity index (χ0) is 17.5. The van der Waals surface area contributed by atoms with Gasteiger partial charge in [-0.05, 0) is 38.6 Å². The Morgan fingerprint density at radius 3 is 2.88 bits per heavy atom. The number of phenolic OH excluding ortho intramolecular Hbond substituents is 1. The van der Waals surface area contributed by atoms with Crippen LogP contribution >= 0.6 is 0 Å². The Balaban J connectivity index is 2.20. The van der Waals surface area contributed by atoms with E-state index in [1.54, 1.807) is 13.2 Å². The van der Waals surface area contributed by atoms with Gasteiger partial charge in [0.05, 0.1) is 13.2 Å². The van der Waals surface area contributed by atoms with Crippen LogP contribution in [0.3, 0.4) is 0 Å². The zero-order valence-corrected chi connectivity index (χ0v) is 14.9. The Hall–Kier alpha value is -1.59. The number of rotatable bonds is 7. The lowest BCUT2D eigenvalue weighted by Crippen LogP contribution is -2.49. The lowest BCUT2D eigenvalue weighted by molar-refractivity contribution is -0.120. The maximum absolute atomic E-state index is 12.4. The van der Waals surface area contributed by atoms with Crippen LogP contribution < -0.4 is 10.1 Å². The Kier molecular flexibility index (Phi) is 4.34. The normalized spacial score (nSPS) is 30.4. The summed E-state index contributed by atoms with van der Waals surface area (Å²) in [6.07, 6.45) is 2.48. The van der Waals surface area contributed by atoms with Crippen LogP contribution in [0.1, 0.15) is 44.2 Å². The number of carbonyl (C=O) groups is 1. The molecule has 1 fully saturated rings. The minimum Gasteiger partial charge on any atom is -0.504 e. The third-order valence-electron chi connectivity index (χ3n) is 5.92. The fourth-order valence-corrected chi connectivity index (χ4v) is 4.37. The molecule has 0 radical (unpaired) electrons. The van der Waals surface area contributed by atoms with E-state index in [1.807, 2.05) is 20.0 Å². The molecule has 5 heteroatoms. The maximum Gasteiger partial charge on any atom is 0.161 e. The van der Waals surface area contributed by atoms with Crippen LogP contribution in [0, 0.1) is 0 Å². The van der Waals surface area contributed by atoms with E-state index < -0.39 is 11.0 Å². The highest BCUT2D eigenvalue weighted by molar-refractivity contribution is 5.81. The molecule has 0 saturated carbocycles. The molecule has 132 valence electrons. The molecule has 2 aliphatic rings. The summed E-state index contributed by atoms with van der Waals surface area (Å²) in [5, 5.41) is 14.1. The lowest BCUT2D eigenvalue weighted by atomic mass is 9.59. The van der Waals surface area contributed by atoms with Gasteiger partial charge in [0.25, 0.3) is 0 Å². The number of ether oxygens (including phenoxy) is 2. The molecule has 1 aromatic rings. The van der Waals surface area contributed by atoms with E-state index in [1.165, 1.54) is 0 Å². The Morgan fingerprint density at radius 1 is 1.50 bits per heavy atom. The number of carbonyl (C=O) groups excluding carboxylic acids is 1. The van der Waals surface area contributed by atoms with Crippen molar-refractivity contribution >= 4 is 5.78 Å². The second kappa shape index (κ2) is 6.05. The third-order valence-corrected chi connectivity index (χ3v) is 5.92. The number of Topliss-reactive ketones (excluding diaryl/α,β-unsaturated/α-hetero) is 1. The quantitative estimate of drug-likeness (QED) is 0.750. The highest BCUT2D eigenvalue weighted by Crippen LogP contribution is 2.63. The molecular weight excluding hydrogens is 306 g/mol. The summed E-state index contributed by atoms with van der Waals surface area (Å²) in [6.45, 7) is 4.72. The molecule has 24 heavy (non-hydrogen) atoms. The van der Waals surface area contributed by atoms with Crippen molar-refractivity contribution in [3.05, 3.63) is 23.3 Å².